The standard InChI is InChI=1S/C24H28N2O4S/c27-20-9-10-23-22(16-20)21(24(25-23)17-31(28,29)30)8-4-5-13-26-14-11-19(12-15-26)18-6-2-1-3-7-18/h1-3,6-7,9-11,16,25,27H,4-5,8,12-15,17H2,(H,28,29,30). The highest BCUT2D eigenvalue weighted by atomic mass is 32.2. The number of phenolic OH excluding ortho intramolecular Hbond substituents is 1. The fourth-order valence-electron chi connectivity index (χ4n) is 4.35. The fraction of sp³-hybridized carbons (Fsp3) is 0.333. The van der Waals surface area contributed by atoms with Crippen molar-refractivity contribution in [1.29, 1.82) is 0 Å². The van der Waals surface area contributed by atoms with E-state index in [9.17, 15) is 18.1 Å². The molecule has 2 heterocycles. The van der Waals surface area contributed by atoms with Crippen LogP contribution in [0.2, 0.25) is 0 Å². The molecular formula is C24H28N2O4S. The Kier molecular flexibility index (Phi) is 6.46. The van der Waals surface area contributed by atoms with Gasteiger partial charge >= 0.3 is 0 Å². The van der Waals surface area contributed by atoms with E-state index in [1.807, 2.05) is 6.07 Å². The average Bonchev–Trinajstić information content (AvgIpc) is 3.07. The third-order valence-corrected chi connectivity index (χ3v) is 6.55. The van der Waals surface area contributed by atoms with Gasteiger partial charge in [0, 0.05) is 29.7 Å². The largest absolute Gasteiger partial charge is 0.508 e. The normalized spacial score (nSPS) is 15.3. The predicted octanol–water partition coefficient (Wildman–Crippen LogP) is 4.37. The molecule has 0 atom stereocenters. The Morgan fingerprint density at radius 3 is 2.58 bits per heavy atom. The molecule has 0 aliphatic carbocycles. The molecule has 7 heteroatoms. The summed E-state index contributed by atoms with van der Waals surface area (Å²) >= 11 is 0. The Bertz CT molecular complexity index is 1180. The maximum atomic E-state index is 11.4. The second-order valence-corrected chi connectivity index (χ2v) is 9.59. The van der Waals surface area contributed by atoms with Crippen LogP contribution in [0.4, 0.5) is 0 Å². The maximum Gasteiger partial charge on any atom is 0.270 e. The van der Waals surface area contributed by atoms with Gasteiger partial charge in [-0.2, -0.15) is 8.42 Å². The summed E-state index contributed by atoms with van der Waals surface area (Å²) in [5.41, 5.74) is 4.83. The number of hydrogen-bond donors (Lipinski definition) is 3. The number of H-pyrrole nitrogens is 1. The number of aromatic nitrogens is 1. The Hall–Kier alpha value is -2.61. The van der Waals surface area contributed by atoms with Gasteiger partial charge in [-0.1, -0.05) is 36.4 Å². The molecule has 4 rings (SSSR count). The van der Waals surface area contributed by atoms with Gasteiger partial charge in [0.1, 0.15) is 11.5 Å². The molecule has 1 aliphatic rings. The zero-order chi connectivity index (χ0) is 21.8. The van der Waals surface area contributed by atoms with Crippen molar-refractivity contribution in [3.05, 3.63) is 71.4 Å². The molecule has 2 aromatic carbocycles. The molecule has 0 saturated carbocycles. The number of rotatable bonds is 8. The van der Waals surface area contributed by atoms with Crippen LogP contribution in [0, 0.1) is 0 Å². The Morgan fingerprint density at radius 1 is 1.06 bits per heavy atom. The van der Waals surface area contributed by atoms with Gasteiger partial charge in [0.05, 0.1) is 0 Å². The van der Waals surface area contributed by atoms with Gasteiger partial charge in [0.2, 0.25) is 0 Å². The van der Waals surface area contributed by atoms with Crippen molar-refractivity contribution in [1.82, 2.24) is 9.88 Å². The van der Waals surface area contributed by atoms with Crippen molar-refractivity contribution < 1.29 is 18.1 Å². The average molecular weight is 441 g/mol. The van der Waals surface area contributed by atoms with Gasteiger partial charge in [0.15, 0.2) is 0 Å². The summed E-state index contributed by atoms with van der Waals surface area (Å²) in [5, 5.41) is 10.7. The van der Waals surface area contributed by atoms with Gasteiger partial charge in [-0.3, -0.25) is 9.45 Å². The monoisotopic (exact) mass is 440 g/mol. The molecule has 0 amide bonds. The third-order valence-electron chi connectivity index (χ3n) is 5.89. The minimum Gasteiger partial charge on any atom is -0.508 e. The SMILES string of the molecule is O=S(=O)(O)Cc1[nH]c2ccc(O)cc2c1CCCCN1CC=C(c2ccccc2)CC1. The maximum absolute atomic E-state index is 11.4. The Morgan fingerprint density at radius 2 is 1.87 bits per heavy atom. The van der Waals surface area contributed by atoms with E-state index in [-0.39, 0.29) is 5.75 Å². The van der Waals surface area contributed by atoms with Crippen LogP contribution in [-0.4, -0.2) is 47.6 Å². The number of benzene rings is 2. The Balaban J connectivity index is 1.36. The first-order valence-electron chi connectivity index (χ1n) is 10.6. The van der Waals surface area contributed by atoms with Crippen LogP contribution in [0.1, 0.15) is 36.1 Å². The molecule has 0 unspecified atom stereocenters. The van der Waals surface area contributed by atoms with E-state index >= 15 is 0 Å². The lowest BCUT2D eigenvalue weighted by atomic mass is 9.99. The summed E-state index contributed by atoms with van der Waals surface area (Å²) in [6.07, 6.45) is 5.93. The molecule has 164 valence electrons. The van der Waals surface area contributed by atoms with E-state index in [2.05, 4.69) is 40.2 Å². The molecule has 0 radical (unpaired) electrons. The van der Waals surface area contributed by atoms with Gasteiger partial charge in [-0.15, -0.1) is 0 Å². The number of fused-ring (bicyclic) bond motifs is 1. The molecule has 0 bridgehead atoms. The molecule has 3 aromatic rings. The number of aromatic amines is 1. The van der Waals surface area contributed by atoms with Gasteiger partial charge < -0.3 is 10.1 Å². The van der Waals surface area contributed by atoms with Gasteiger partial charge in [0.25, 0.3) is 10.1 Å². The number of nitrogens with one attached hydrogen (secondary N) is 1. The quantitative estimate of drug-likeness (QED) is 0.357. The summed E-state index contributed by atoms with van der Waals surface area (Å²) in [6.45, 7) is 2.97. The van der Waals surface area contributed by atoms with E-state index in [4.69, 9.17) is 0 Å². The molecule has 3 N–H and O–H groups in total. The number of phenols is 1. The van der Waals surface area contributed by atoms with Crippen molar-refractivity contribution in [2.45, 2.75) is 31.4 Å². The van der Waals surface area contributed by atoms with Crippen LogP contribution in [-0.2, 0) is 22.3 Å². The summed E-state index contributed by atoms with van der Waals surface area (Å²) in [4.78, 5) is 5.53. The van der Waals surface area contributed by atoms with Crippen LogP contribution >= 0.6 is 0 Å². The highest BCUT2D eigenvalue weighted by Crippen LogP contribution is 2.29. The molecular weight excluding hydrogens is 412 g/mol. The second kappa shape index (κ2) is 9.26. The minimum atomic E-state index is -4.14. The van der Waals surface area contributed by atoms with Crippen LogP contribution in [0.3, 0.4) is 0 Å². The first kappa shape index (κ1) is 21.6. The first-order chi connectivity index (χ1) is 14.9. The lowest BCUT2D eigenvalue weighted by Gasteiger charge is -2.26. The van der Waals surface area contributed by atoms with Gasteiger partial charge in [-0.25, -0.2) is 0 Å². The van der Waals surface area contributed by atoms with E-state index in [0.29, 0.717) is 12.1 Å². The van der Waals surface area contributed by atoms with E-state index < -0.39 is 15.9 Å². The number of nitrogens with zero attached hydrogens (tertiary/aromatic N) is 1. The van der Waals surface area contributed by atoms with Crippen molar-refractivity contribution >= 4 is 26.6 Å². The number of unbranched alkanes of at least 4 members (excludes halogenated alkanes) is 1. The fourth-order valence-corrected chi connectivity index (χ4v) is 4.96. The van der Waals surface area contributed by atoms with E-state index in [0.717, 1.165) is 55.4 Å². The third kappa shape index (κ3) is 5.55. The van der Waals surface area contributed by atoms with Crippen LogP contribution in [0.25, 0.3) is 16.5 Å². The predicted molar refractivity (Wildman–Crippen MR) is 124 cm³/mol. The van der Waals surface area contributed by atoms with Gasteiger partial charge in [-0.05, 0) is 67.1 Å². The smallest absolute Gasteiger partial charge is 0.270 e. The van der Waals surface area contributed by atoms with Crippen molar-refractivity contribution in [2.75, 3.05) is 19.6 Å². The van der Waals surface area contributed by atoms with Crippen molar-refractivity contribution in [3.8, 4) is 5.75 Å². The summed E-state index contributed by atoms with van der Waals surface area (Å²) in [5.74, 6) is -0.308. The van der Waals surface area contributed by atoms with Crippen LogP contribution in [0.5, 0.6) is 5.75 Å². The molecule has 0 fully saturated rings. The first-order valence-corrected chi connectivity index (χ1v) is 12.2. The minimum absolute atomic E-state index is 0.139. The summed E-state index contributed by atoms with van der Waals surface area (Å²) in [6, 6.07) is 15.4. The zero-order valence-corrected chi connectivity index (χ0v) is 18.2. The highest BCUT2D eigenvalue weighted by molar-refractivity contribution is 7.85. The lowest BCUT2D eigenvalue weighted by molar-refractivity contribution is 0.295. The van der Waals surface area contributed by atoms with E-state index in [1.54, 1.807) is 18.2 Å². The Labute approximate surface area is 183 Å². The number of aryl methyl sites for hydroxylation is 1. The summed E-state index contributed by atoms with van der Waals surface area (Å²) in [7, 11) is -4.14. The molecule has 6 nitrogen and oxygen atoms in total. The van der Waals surface area contributed by atoms with Crippen molar-refractivity contribution in [3.63, 3.8) is 0 Å². The molecule has 0 spiro atoms. The van der Waals surface area contributed by atoms with E-state index in [1.165, 1.54) is 11.1 Å². The summed E-state index contributed by atoms with van der Waals surface area (Å²) < 4.78 is 32.2. The van der Waals surface area contributed by atoms with Crippen LogP contribution in [0.15, 0.2) is 54.6 Å². The topological polar surface area (TPSA) is 93.6 Å². The molecule has 1 aliphatic heterocycles. The van der Waals surface area contributed by atoms with Crippen LogP contribution < -0.4 is 0 Å². The van der Waals surface area contributed by atoms with Crippen molar-refractivity contribution in [2.24, 2.45) is 0 Å². The lowest BCUT2D eigenvalue weighted by Crippen LogP contribution is -2.29. The molecule has 31 heavy (non-hydrogen) atoms. The molecule has 0 saturated heterocycles. The number of hydrogen-bond acceptors (Lipinski definition) is 4. The molecule has 1 aromatic heterocycles. The number of aromatic hydroxyl groups is 1. The highest BCUT2D eigenvalue weighted by Gasteiger charge is 2.17. The zero-order valence-electron chi connectivity index (χ0n) is 17.4. The second-order valence-electron chi connectivity index (χ2n) is 8.14.